The number of aromatic nitrogens is 3. The van der Waals surface area contributed by atoms with Gasteiger partial charge >= 0.3 is 0 Å². The van der Waals surface area contributed by atoms with Crippen LogP contribution in [0.25, 0.3) is 5.65 Å². The number of fused-ring (bicyclic) bond motifs is 1. The highest BCUT2D eigenvalue weighted by atomic mass is 79.9. The summed E-state index contributed by atoms with van der Waals surface area (Å²) in [6.45, 7) is 2.00. The van der Waals surface area contributed by atoms with Crippen LogP contribution in [0, 0.1) is 6.92 Å². The van der Waals surface area contributed by atoms with Gasteiger partial charge in [0.2, 0.25) is 0 Å². The van der Waals surface area contributed by atoms with Gasteiger partial charge in [-0.05, 0) is 40.5 Å². The molecule has 0 aliphatic rings. The summed E-state index contributed by atoms with van der Waals surface area (Å²) in [6, 6.07) is 5.83. The molecule has 1 N–H and O–H groups in total. The zero-order valence-corrected chi connectivity index (χ0v) is 12.4. The van der Waals surface area contributed by atoms with E-state index in [1.54, 1.807) is 6.20 Å². The first-order chi connectivity index (χ1) is 9.13. The highest BCUT2D eigenvalue weighted by Gasteiger charge is 2.08. The van der Waals surface area contributed by atoms with Crippen molar-refractivity contribution in [3.05, 3.63) is 52.0 Å². The minimum absolute atomic E-state index is 0.658. The summed E-state index contributed by atoms with van der Waals surface area (Å²) in [5.74, 6) is 0.658. The molecule has 96 valence electrons. The van der Waals surface area contributed by atoms with Crippen molar-refractivity contribution < 1.29 is 0 Å². The summed E-state index contributed by atoms with van der Waals surface area (Å²) < 4.78 is 2.62. The van der Waals surface area contributed by atoms with E-state index < -0.39 is 0 Å². The van der Waals surface area contributed by atoms with Gasteiger partial charge in [-0.3, -0.25) is 0 Å². The van der Waals surface area contributed by atoms with E-state index in [9.17, 15) is 0 Å². The minimum atomic E-state index is 0.658. The van der Waals surface area contributed by atoms with E-state index >= 15 is 0 Å². The monoisotopic (exact) mass is 336 g/mol. The summed E-state index contributed by atoms with van der Waals surface area (Å²) in [6.07, 6.45) is 5.44. The van der Waals surface area contributed by atoms with Crippen LogP contribution in [0.4, 0.5) is 11.5 Å². The Morgan fingerprint density at radius 3 is 3.00 bits per heavy atom. The number of hydrogen-bond donors (Lipinski definition) is 1. The van der Waals surface area contributed by atoms with E-state index in [1.807, 2.05) is 41.9 Å². The van der Waals surface area contributed by atoms with Crippen LogP contribution in [0.5, 0.6) is 0 Å². The molecule has 3 aromatic rings. The van der Waals surface area contributed by atoms with E-state index in [2.05, 4.69) is 31.2 Å². The largest absolute Gasteiger partial charge is 0.336 e. The third-order valence-electron chi connectivity index (χ3n) is 2.72. The quantitative estimate of drug-likeness (QED) is 0.762. The Kier molecular flexibility index (Phi) is 3.16. The molecule has 2 aromatic heterocycles. The van der Waals surface area contributed by atoms with E-state index in [0.29, 0.717) is 10.8 Å². The number of halogens is 2. The molecule has 1 aromatic carbocycles. The van der Waals surface area contributed by atoms with Gasteiger partial charge in [0.15, 0.2) is 11.5 Å². The standard InChI is InChI=1S/C13H10BrClN4/c1-8-2-3-10(9(15)6-8)17-12-13-16-4-5-19(13)7-11(14)18-12/h2-7H,1H3,(H,17,18). The minimum Gasteiger partial charge on any atom is -0.336 e. The van der Waals surface area contributed by atoms with Crippen LogP contribution in [0.3, 0.4) is 0 Å². The topological polar surface area (TPSA) is 42.2 Å². The van der Waals surface area contributed by atoms with Gasteiger partial charge in [0.05, 0.1) is 10.7 Å². The van der Waals surface area contributed by atoms with Gasteiger partial charge in [0, 0.05) is 18.6 Å². The molecule has 0 saturated heterocycles. The van der Waals surface area contributed by atoms with E-state index in [4.69, 9.17) is 11.6 Å². The van der Waals surface area contributed by atoms with Gasteiger partial charge in [0.25, 0.3) is 0 Å². The third-order valence-corrected chi connectivity index (χ3v) is 3.42. The van der Waals surface area contributed by atoms with Crippen molar-refractivity contribution in [1.29, 1.82) is 0 Å². The second-order valence-corrected chi connectivity index (χ2v) is 5.40. The molecule has 0 atom stereocenters. The number of hydrogen-bond acceptors (Lipinski definition) is 3. The fourth-order valence-electron chi connectivity index (χ4n) is 1.83. The molecule has 4 nitrogen and oxygen atoms in total. The SMILES string of the molecule is Cc1ccc(Nc2nc(Br)cn3ccnc23)c(Cl)c1. The normalized spacial score (nSPS) is 10.9. The second kappa shape index (κ2) is 4.83. The van der Waals surface area contributed by atoms with Crippen molar-refractivity contribution in [2.75, 3.05) is 5.32 Å². The first kappa shape index (κ1) is 12.4. The number of imidazole rings is 1. The van der Waals surface area contributed by atoms with Gasteiger partial charge in [-0.1, -0.05) is 17.7 Å². The molecule has 0 aliphatic carbocycles. The lowest BCUT2D eigenvalue weighted by molar-refractivity contribution is 1.10. The van der Waals surface area contributed by atoms with Crippen LogP contribution in [0.15, 0.2) is 41.4 Å². The summed E-state index contributed by atoms with van der Waals surface area (Å²) in [4.78, 5) is 8.67. The molecule has 0 fully saturated rings. The summed E-state index contributed by atoms with van der Waals surface area (Å²) in [5.41, 5.74) is 2.67. The highest BCUT2D eigenvalue weighted by molar-refractivity contribution is 9.10. The highest BCUT2D eigenvalue weighted by Crippen LogP contribution is 2.27. The van der Waals surface area contributed by atoms with Gasteiger partial charge in [-0.25, -0.2) is 9.97 Å². The molecule has 0 bridgehead atoms. The molecule has 0 amide bonds. The average molecular weight is 338 g/mol. The molecular weight excluding hydrogens is 328 g/mol. The van der Waals surface area contributed by atoms with Crippen molar-refractivity contribution in [3.8, 4) is 0 Å². The Labute approximate surface area is 123 Å². The number of nitrogens with zero attached hydrogens (tertiary/aromatic N) is 3. The smallest absolute Gasteiger partial charge is 0.180 e. The van der Waals surface area contributed by atoms with Gasteiger partial charge in [-0.15, -0.1) is 0 Å². The van der Waals surface area contributed by atoms with Crippen LogP contribution in [-0.4, -0.2) is 14.4 Å². The molecule has 0 radical (unpaired) electrons. The first-order valence-corrected chi connectivity index (χ1v) is 6.83. The average Bonchev–Trinajstić information content (AvgIpc) is 2.80. The predicted molar refractivity (Wildman–Crippen MR) is 80.2 cm³/mol. The van der Waals surface area contributed by atoms with Gasteiger partial charge < -0.3 is 9.72 Å². The molecule has 19 heavy (non-hydrogen) atoms. The number of nitrogens with one attached hydrogen (secondary N) is 1. The van der Waals surface area contributed by atoms with Crippen molar-refractivity contribution in [2.24, 2.45) is 0 Å². The fraction of sp³-hybridized carbons (Fsp3) is 0.0769. The summed E-state index contributed by atoms with van der Waals surface area (Å²) in [5, 5.41) is 3.87. The van der Waals surface area contributed by atoms with Crippen LogP contribution < -0.4 is 5.32 Å². The predicted octanol–water partition coefficient (Wildman–Crippen LogP) is 4.20. The molecule has 0 saturated carbocycles. The van der Waals surface area contributed by atoms with Gasteiger partial charge in [0.1, 0.15) is 4.60 Å². The zero-order valence-electron chi connectivity index (χ0n) is 10.1. The maximum atomic E-state index is 6.22. The van der Waals surface area contributed by atoms with Crippen molar-refractivity contribution in [2.45, 2.75) is 6.92 Å². The number of benzene rings is 1. The molecule has 0 spiro atoms. The first-order valence-electron chi connectivity index (χ1n) is 5.66. The fourth-order valence-corrected chi connectivity index (χ4v) is 2.51. The van der Waals surface area contributed by atoms with Crippen LogP contribution in [0.2, 0.25) is 5.02 Å². The molecule has 0 aliphatic heterocycles. The summed E-state index contributed by atoms with van der Waals surface area (Å²) >= 11 is 9.59. The number of rotatable bonds is 2. The molecular formula is C13H10BrClN4. The van der Waals surface area contributed by atoms with E-state index in [0.717, 1.165) is 21.5 Å². The van der Waals surface area contributed by atoms with Crippen LogP contribution in [0.1, 0.15) is 5.56 Å². The van der Waals surface area contributed by atoms with Crippen LogP contribution >= 0.6 is 27.5 Å². The van der Waals surface area contributed by atoms with Gasteiger partial charge in [-0.2, -0.15) is 0 Å². The lowest BCUT2D eigenvalue weighted by Gasteiger charge is -2.09. The zero-order chi connectivity index (χ0) is 13.4. The van der Waals surface area contributed by atoms with Crippen molar-refractivity contribution in [1.82, 2.24) is 14.4 Å². The maximum absolute atomic E-state index is 6.22. The lowest BCUT2D eigenvalue weighted by atomic mass is 10.2. The Bertz CT molecular complexity index is 753. The van der Waals surface area contributed by atoms with Crippen LogP contribution in [-0.2, 0) is 0 Å². The Morgan fingerprint density at radius 2 is 2.21 bits per heavy atom. The second-order valence-electron chi connectivity index (χ2n) is 4.18. The molecule has 6 heteroatoms. The summed E-state index contributed by atoms with van der Waals surface area (Å²) in [7, 11) is 0. The van der Waals surface area contributed by atoms with E-state index in [1.165, 1.54) is 0 Å². The van der Waals surface area contributed by atoms with Crippen molar-refractivity contribution in [3.63, 3.8) is 0 Å². The maximum Gasteiger partial charge on any atom is 0.180 e. The number of aryl methyl sites for hydroxylation is 1. The molecule has 2 heterocycles. The van der Waals surface area contributed by atoms with Crippen molar-refractivity contribution >= 4 is 44.7 Å². The Balaban J connectivity index is 2.07. The lowest BCUT2D eigenvalue weighted by Crippen LogP contribution is -1.99. The molecule has 3 rings (SSSR count). The Morgan fingerprint density at radius 1 is 1.37 bits per heavy atom. The number of anilines is 2. The third kappa shape index (κ3) is 2.43. The molecule has 0 unspecified atom stereocenters. The Hall–Kier alpha value is -1.59. The van der Waals surface area contributed by atoms with E-state index in [-0.39, 0.29) is 0 Å².